The van der Waals surface area contributed by atoms with Crippen molar-refractivity contribution in [2.24, 2.45) is 0 Å². The van der Waals surface area contributed by atoms with Gasteiger partial charge < -0.3 is 9.47 Å². The van der Waals surface area contributed by atoms with Gasteiger partial charge in [-0.05, 0) is 48.9 Å². The molecule has 25 heavy (non-hydrogen) atoms. The third-order valence-electron chi connectivity index (χ3n) is 3.74. The highest BCUT2D eigenvalue weighted by molar-refractivity contribution is 9.10. The summed E-state index contributed by atoms with van der Waals surface area (Å²) in [5, 5.41) is -0.248. The Kier molecular flexibility index (Phi) is 6.57. The Balaban J connectivity index is 2.36. The summed E-state index contributed by atoms with van der Waals surface area (Å²) in [6, 6.07) is 3.32. The van der Waals surface area contributed by atoms with Crippen LogP contribution in [-0.4, -0.2) is 35.8 Å². The lowest BCUT2D eigenvalue weighted by Crippen LogP contribution is -2.36. The SMILES string of the molecule is C#CCOc1cc(Br)c(/C=C2/SC(=O)N([C@H](C)CC)C2=O)cc1OC. The van der Waals surface area contributed by atoms with E-state index in [0.29, 0.717) is 32.9 Å². The van der Waals surface area contributed by atoms with Crippen molar-refractivity contribution < 1.29 is 19.1 Å². The zero-order valence-corrected chi connectivity index (χ0v) is 16.6. The first-order valence-corrected chi connectivity index (χ1v) is 9.24. The number of amides is 2. The van der Waals surface area contributed by atoms with E-state index in [1.165, 1.54) is 12.0 Å². The topological polar surface area (TPSA) is 55.8 Å². The average molecular weight is 424 g/mol. The van der Waals surface area contributed by atoms with Crippen LogP contribution in [0, 0.1) is 12.3 Å². The predicted molar refractivity (Wildman–Crippen MR) is 103 cm³/mol. The molecule has 1 aromatic rings. The lowest BCUT2D eigenvalue weighted by Gasteiger charge is -2.19. The molecule has 2 rings (SSSR count). The highest BCUT2D eigenvalue weighted by Crippen LogP contribution is 2.38. The van der Waals surface area contributed by atoms with Crippen LogP contribution in [0.2, 0.25) is 0 Å². The quantitative estimate of drug-likeness (QED) is 0.504. The molecule has 1 fully saturated rings. The zero-order chi connectivity index (χ0) is 18.6. The number of imide groups is 1. The molecule has 0 aromatic heterocycles. The van der Waals surface area contributed by atoms with E-state index >= 15 is 0 Å². The van der Waals surface area contributed by atoms with Crippen molar-refractivity contribution in [3.05, 3.63) is 27.1 Å². The number of carbonyl (C=O) groups excluding carboxylic acids is 2. The first-order valence-electron chi connectivity index (χ1n) is 7.63. The third kappa shape index (κ3) is 4.20. The van der Waals surface area contributed by atoms with Crippen LogP contribution in [0.25, 0.3) is 6.08 Å². The van der Waals surface area contributed by atoms with Gasteiger partial charge in [-0.2, -0.15) is 0 Å². The van der Waals surface area contributed by atoms with Gasteiger partial charge >= 0.3 is 0 Å². The monoisotopic (exact) mass is 423 g/mol. The second kappa shape index (κ2) is 8.45. The van der Waals surface area contributed by atoms with Gasteiger partial charge in [-0.1, -0.05) is 28.8 Å². The Morgan fingerprint density at radius 1 is 1.40 bits per heavy atom. The third-order valence-corrected chi connectivity index (χ3v) is 5.31. The first-order chi connectivity index (χ1) is 11.9. The van der Waals surface area contributed by atoms with E-state index in [-0.39, 0.29) is 23.8 Å². The lowest BCUT2D eigenvalue weighted by molar-refractivity contribution is -0.124. The number of hydrogen-bond acceptors (Lipinski definition) is 5. The largest absolute Gasteiger partial charge is 0.493 e. The fourth-order valence-corrected chi connectivity index (χ4v) is 3.59. The number of hydrogen-bond donors (Lipinski definition) is 0. The van der Waals surface area contributed by atoms with Crippen LogP contribution in [0.5, 0.6) is 11.5 Å². The van der Waals surface area contributed by atoms with E-state index in [0.717, 1.165) is 11.8 Å². The Hall–Kier alpha value is -1.91. The minimum absolute atomic E-state index is 0.121. The summed E-state index contributed by atoms with van der Waals surface area (Å²) in [5.74, 6) is 3.11. The molecule has 1 aromatic carbocycles. The molecular formula is C18H18BrNO4S. The van der Waals surface area contributed by atoms with Crippen LogP contribution in [0.15, 0.2) is 21.5 Å². The summed E-state index contributed by atoms with van der Waals surface area (Å²) in [6.45, 7) is 3.92. The number of nitrogens with zero attached hydrogens (tertiary/aromatic N) is 1. The number of benzene rings is 1. The molecule has 0 saturated carbocycles. The van der Waals surface area contributed by atoms with E-state index in [1.54, 1.807) is 18.2 Å². The van der Waals surface area contributed by atoms with Crippen LogP contribution in [0.4, 0.5) is 4.79 Å². The fourth-order valence-electron chi connectivity index (χ4n) is 2.24. The number of terminal acetylenes is 1. The van der Waals surface area contributed by atoms with Crippen LogP contribution in [0.1, 0.15) is 25.8 Å². The van der Waals surface area contributed by atoms with Gasteiger partial charge in [0.25, 0.3) is 11.1 Å². The van der Waals surface area contributed by atoms with Gasteiger partial charge in [0, 0.05) is 10.5 Å². The molecule has 1 aliphatic heterocycles. The smallest absolute Gasteiger partial charge is 0.293 e. The molecule has 0 aliphatic carbocycles. The highest BCUT2D eigenvalue weighted by atomic mass is 79.9. The van der Waals surface area contributed by atoms with Crippen LogP contribution < -0.4 is 9.47 Å². The van der Waals surface area contributed by atoms with Crippen molar-refractivity contribution in [3.63, 3.8) is 0 Å². The molecule has 5 nitrogen and oxygen atoms in total. The second-order valence-electron chi connectivity index (χ2n) is 5.33. The summed E-state index contributed by atoms with van der Waals surface area (Å²) in [6.07, 6.45) is 7.59. The Bertz CT molecular complexity index is 769. The van der Waals surface area contributed by atoms with Crippen molar-refractivity contribution in [2.75, 3.05) is 13.7 Å². The van der Waals surface area contributed by atoms with Gasteiger partial charge in [0.1, 0.15) is 6.61 Å². The molecule has 0 N–H and O–H groups in total. The van der Waals surface area contributed by atoms with Gasteiger partial charge in [-0.3, -0.25) is 14.5 Å². The molecule has 7 heteroatoms. The van der Waals surface area contributed by atoms with Crippen molar-refractivity contribution in [1.29, 1.82) is 0 Å². The van der Waals surface area contributed by atoms with E-state index in [1.807, 2.05) is 13.8 Å². The predicted octanol–water partition coefficient (Wildman–Crippen LogP) is 4.30. The normalized spacial score (nSPS) is 16.9. The molecule has 0 unspecified atom stereocenters. The van der Waals surface area contributed by atoms with Gasteiger partial charge in [-0.25, -0.2) is 0 Å². The van der Waals surface area contributed by atoms with Crippen LogP contribution >= 0.6 is 27.7 Å². The van der Waals surface area contributed by atoms with Gasteiger partial charge in [0.15, 0.2) is 11.5 Å². The Labute approximate surface area is 159 Å². The summed E-state index contributed by atoms with van der Waals surface area (Å²) in [5.41, 5.74) is 0.708. The minimum Gasteiger partial charge on any atom is -0.493 e. The summed E-state index contributed by atoms with van der Waals surface area (Å²) >= 11 is 4.39. The first kappa shape index (κ1) is 19.4. The number of halogens is 1. The molecule has 1 heterocycles. The molecule has 1 atom stereocenters. The van der Waals surface area contributed by atoms with Crippen molar-refractivity contribution in [1.82, 2.24) is 4.90 Å². The van der Waals surface area contributed by atoms with E-state index in [4.69, 9.17) is 15.9 Å². The number of methoxy groups -OCH3 is 1. The van der Waals surface area contributed by atoms with E-state index in [2.05, 4.69) is 21.9 Å². The Morgan fingerprint density at radius 2 is 2.12 bits per heavy atom. The molecule has 2 amide bonds. The fraction of sp³-hybridized carbons (Fsp3) is 0.333. The highest BCUT2D eigenvalue weighted by Gasteiger charge is 2.37. The molecular weight excluding hydrogens is 406 g/mol. The molecule has 0 bridgehead atoms. The minimum atomic E-state index is -0.275. The van der Waals surface area contributed by atoms with Gasteiger partial charge in [0.05, 0.1) is 12.0 Å². The molecule has 132 valence electrons. The average Bonchev–Trinajstić information content (AvgIpc) is 2.87. The maximum absolute atomic E-state index is 12.5. The van der Waals surface area contributed by atoms with Crippen molar-refractivity contribution in [3.8, 4) is 23.8 Å². The maximum atomic E-state index is 12.5. The van der Waals surface area contributed by atoms with E-state index < -0.39 is 0 Å². The zero-order valence-electron chi connectivity index (χ0n) is 14.2. The molecule has 1 saturated heterocycles. The van der Waals surface area contributed by atoms with Crippen LogP contribution in [0.3, 0.4) is 0 Å². The van der Waals surface area contributed by atoms with Crippen molar-refractivity contribution in [2.45, 2.75) is 26.3 Å². The number of ether oxygens (including phenoxy) is 2. The van der Waals surface area contributed by atoms with E-state index in [9.17, 15) is 9.59 Å². The van der Waals surface area contributed by atoms with Gasteiger partial charge in [0.2, 0.25) is 0 Å². The van der Waals surface area contributed by atoms with Crippen molar-refractivity contribution >= 4 is 44.9 Å². The lowest BCUT2D eigenvalue weighted by atomic mass is 10.1. The molecule has 0 spiro atoms. The summed E-state index contributed by atoms with van der Waals surface area (Å²) in [4.78, 5) is 26.3. The standard InChI is InChI=1S/C18H18BrNO4S/c1-5-7-24-15-10-13(19)12(8-14(15)23-4)9-16-17(21)20(11(3)6-2)18(22)25-16/h1,8-11H,6-7H2,2-4H3/b16-9+/t11-/m1/s1. The maximum Gasteiger partial charge on any atom is 0.293 e. The Morgan fingerprint density at radius 3 is 2.72 bits per heavy atom. The summed E-state index contributed by atoms with van der Waals surface area (Å²) < 4.78 is 11.5. The number of rotatable bonds is 6. The summed E-state index contributed by atoms with van der Waals surface area (Å²) in [7, 11) is 1.52. The second-order valence-corrected chi connectivity index (χ2v) is 7.17. The molecule has 1 aliphatic rings. The molecule has 0 radical (unpaired) electrons. The van der Waals surface area contributed by atoms with Crippen LogP contribution in [-0.2, 0) is 4.79 Å². The number of thioether (sulfide) groups is 1. The number of carbonyl (C=O) groups is 2. The van der Waals surface area contributed by atoms with Gasteiger partial charge in [-0.15, -0.1) is 6.42 Å².